The summed E-state index contributed by atoms with van der Waals surface area (Å²) in [5, 5.41) is 5.12. The lowest BCUT2D eigenvalue weighted by Gasteiger charge is -2.29. The van der Waals surface area contributed by atoms with Gasteiger partial charge in [-0.25, -0.2) is 0 Å². The highest BCUT2D eigenvalue weighted by Crippen LogP contribution is 2.55. The SMILES string of the molecule is C1=CC2c3c(cccc3-c3ccccc3N(c3ccc(-c4ccc5sc6ccccc6c5c4)cc3)c3cccc(-n4c5ccccc5c5ccccc54)c3)OC2c2ccccc21. The summed E-state index contributed by atoms with van der Waals surface area (Å²) in [5.74, 6) is 1.06. The number of hydrogen-bond donors (Lipinski definition) is 0. The number of benzene rings is 9. The third kappa shape index (κ3) is 5.43. The molecule has 3 nitrogen and oxygen atoms in total. The van der Waals surface area contributed by atoms with Gasteiger partial charge in [0.1, 0.15) is 11.9 Å². The van der Waals surface area contributed by atoms with Gasteiger partial charge in [-0.15, -0.1) is 11.3 Å². The van der Waals surface area contributed by atoms with Crippen LogP contribution in [0.2, 0.25) is 0 Å². The number of nitrogens with zero attached hydrogens (tertiary/aromatic N) is 2. The summed E-state index contributed by atoms with van der Waals surface area (Å²) in [6, 6.07) is 75.3. The van der Waals surface area contributed by atoms with Crippen molar-refractivity contribution in [1.29, 1.82) is 0 Å². The molecule has 0 radical (unpaired) electrons. The number of anilines is 3. The molecule has 0 fully saturated rings. The van der Waals surface area contributed by atoms with E-state index in [0.717, 1.165) is 34.1 Å². The smallest absolute Gasteiger partial charge is 0.135 e. The highest BCUT2D eigenvalue weighted by molar-refractivity contribution is 7.25. The van der Waals surface area contributed by atoms with Crippen molar-refractivity contribution in [2.24, 2.45) is 0 Å². The van der Waals surface area contributed by atoms with E-state index in [1.807, 2.05) is 11.3 Å². The Morgan fingerprint density at radius 1 is 0.484 bits per heavy atom. The van der Waals surface area contributed by atoms with Crippen molar-refractivity contribution in [1.82, 2.24) is 4.57 Å². The van der Waals surface area contributed by atoms with Gasteiger partial charge in [0.15, 0.2) is 0 Å². The predicted octanol–water partition coefficient (Wildman–Crippen LogP) is 16.2. The number of ether oxygens (including phenoxy) is 1. The molecule has 0 amide bonds. The highest BCUT2D eigenvalue weighted by atomic mass is 32.1. The van der Waals surface area contributed by atoms with Gasteiger partial charge in [0, 0.05) is 70.6 Å². The number of rotatable bonds is 6. The van der Waals surface area contributed by atoms with E-state index in [-0.39, 0.29) is 12.0 Å². The third-order valence-corrected chi connectivity index (χ3v) is 14.1. The molecule has 2 aromatic heterocycles. The quantitative estimate of drug-likeness (QED) is 0.166. The topological polar surface area (TPSA) is 17.4 Å². The molecule has 3 heterocycles. The van der Waals surface area contributed by atoms with Gasteiger partial charge in [-0.1, -0.05) is 146 Å². The van der Waals surface area contributed by atoms with Gasteiger partial charge in [0.25, 0.3) is 0 Å². The number of para-hydroxylation sites is 3. The van der Waals surface area contributed by atoms with Crippen LogP contribution in [0.3, 0.4) is 0 Å². The van der Waals surface area contributed by atoms with Crippen molar-refractivity contribution in [2.45, 2.75) is 12.0 Å². The van der Waals surface area contributed by atoms with Crippen LogP contribution in [0.15, 0.2) is 212 Å². The largest absolute Gasteiger partial charge is 0.484 e. The molecule has 0 bridgehead atoms. The second-order valence-corrected chi connectivity index (χ2v) is 17.5. The van der Waals surface area contributed by atoms with Crippen molar-refractivity contribution in [3.05, 3.63) is 229 Å². The van der Waals surface area contributed by atoms with Crippen LogP contribution in [-0.4, -0.2) is 4.57 Å². The molecule has 11 aromatic rings. The van der Waals surface area contributed by atoms with Crippen molar-refractivity contribution < 1.29 is 4.74 Å². The minimum atomic E-state index is -0.0580. The van der Waals surface area contributed by atoms with Crippen LogP contribution in [0.25, 0.3) is 76.0 Å². The second-order valence-electron chi connectivity index (χ2n) is 16.4. The molecule has 1 aliphatic carbocycles. The molecule has 2 unspecified atom stereocenters. The maximum Gasteiger partial charge on any atom is 0.135 e. The molecule has 2 aliphatic rings. The second kappa shape index (κ2) is 14.0. The van der Waals surface area contributed by atoms with Crippen molar-refractivity contribution in [3.8, 4) is 33.7 Å². The molecular formula is C58H38N2OS. The van der Waals surface area contributed by atoms with E-state index in [9.17, 15) is 0 Å². The first-order valence-electron chi connectivity index (χ1n) is 21.3. The number of aromatic nitrogens is 1. The minimum Gasteiger partial charge on any atom is -0.484 e. The number of thiophene rings is 1. The van der Waals surface area contributed by atoms with Gasteiger partial charge in [-0.05, 0) is 95.1 Å². The van der Waals surface area contributed by atoms with Crippen LogP contribution >= 0.6 is 11.3 Å². The molecule has 292 valence electrons. The Morgan fingerprint density at radius 2 is 1.16 bits per heavy atom. The van der Waals surface area contributed by atoms with E-state index < -0.39 is 0 Å². The Hall–Kier alpha value is -7.66. The first-order chi connectivity index (χ1) is 30.7. The summed E-state index contributed by atoms with van der Waals surface area (Å²) in [4.78, 5) is 2.44. The van der Waals surface area contributed by atoms with Crippen LogP contribution in [0, 0.1) is 0 Å². The summed E-state index contributed by atoms with van der Waals surface area (Å²) in [7, 11) is 0. The van der Waals surface area contributed by atoms with Gasteiger partial charge in [-0.3, -0.25) is 0 Å². The summed E-state index contributed by atoms with van der Waals surface area (Å²) >= 11 is 1.86. The molecule has 1 aliphatic heterocycles. The fraction of sp³-hybridized carbons (Fsp3) is 0.0345. The van der Waals surface area contributed by atoms with Crippen molar-refractivity contribution in [2.75, 3.05) is 4.90 Å². The standard InChI is InChI=1S/C58H38N2OS/c1-2-16-43-38(13-1)29-33-49-57-48(21-12-25-54(57)61-58(43)49)46-19-5-7-22-51(46)59(40-31-27-37(28-32-40)39-30-34-56-50(35-39)47-20-6-10-26-55(47)62-56)41-14-11-15-42(36-41)60-52-23-8-3-17-44(52)45-18-4-9-24-53(45)60/h1-36,49,58H. The number of hydrogen-bond acceptors (Lipinski definition) is 3. The average Bonchev–Trinajstić information content (AvgIpc) is 4.02. The molecule has 4 heteroatoms. The number of fused-ring (bicyclic) bond motifs is 11. The van der Waals surface area contributed by atoms with E-state index in [2.05, 4.69) is 228 Å². The molecule has 13 rings (SSSR count). The van der Waals surface area contributed by atoms with E-state index in [1.54, 1.807) is 0 Å². The van der Waals surface area contributed by atoms with E-state index in [0.29, 0.717) is 0 Å². The van der Waals surface area contributed by atoms with Crippen LogP contribution in [0.1, 0.15) is 28.7 Å². The zero-order chi connectivity index (χ0) is 40.7. The predicted molar refractivity (Wildman–Crippen MR) is 261 cm³/mol. The van der Waals surface area contributed by atoms with Gasteiger partial charge in [-0.2, -0.15) is 0 Å². The van der Waals surface area contributed by atoms with Crippen LogP contribution in [0.4, 0.5) is 17.1 Å². The maximum atomic E-state index is 6.83. The maximum absolute atomic E-state index is 6.83. The van der Waals surface area contributed by atoms with Crippen molar-refractivity contribution in [3.63, 3.8) is 0 Å². The first kappa shape index (κ1) is 35.1. The Kier molecular flexibility index (Phi) is 7.91. The summed E-state index contributed by atoms with van der Waals surface area (Å²) in [5.41, 5.74) is 15.2. The first-order valence-corrected chi connectivity index (χ1v) is 22.1. The van der Waals surface area contributed by atoms with Gasteiger partial charge >= 0.3 is 0 Å². The highest BCUT2D eigenvalue weighted by Gasteiger charge is 2.39. The van der Waals surface area contributed by atoms with Gasteiger partial charge in [0.05, 0.1) is 16.7 Å². The van der Waals surface area contributed by atoms with E-state index in [4.69, 9.17) is 4.74 Å². The lowest BCUT2D eigenvalue weighted by molar-refractivity contribution is 0.223. The lowest BCUT2D eigenvalue weighted by Crippen LogP contribution is -2.13. The van der Waals surface area contributed by atoms with E-state index >= 15 is 0 Å². The molecule has 0 spiro atoms. The molecular weight excluding hydrogens is 773 g/mol. The van der Waals surface area contributed by atoms with Crippen molar-refractivity contribution >= 4 is 76.5 Å². The normalized spacial score (nSPS) is 15.2. The molecule has 0 N–H and O–H groups in total. The fourth-order valence-electron chi connectivity index (χ4n) is 10.2. The average molecular weight is 811 g/mol. The Bertz CT molecular complexity index is 3540. The van der Waals surface area contributed by atoms with Gasteiger partial charge in [0.2, 0.25) is 0 Å². The summed E-state index contributed by atoms with van der Waals surface area (Å²) in [6.07, 6.45) is 4.55. The molecule has 2 atom stereocenters. The summed E-state index contributed by atoms with van der Waals surface area (Å²) in [6.45, 7) is 0. The van der Waals surface area contributed by atoms with Crippen LogP contribution in [0.5, 0.6) is 5.75 Å². The van der Waals surface area contributed by atoms with Gasteiger partial charge < -0.3 is 14.2 Å². The lowest BCUT2D eigenvalue weighted by atomic mass is 9.81. The van der Waals surface area contributed by atoms with Crippen LogP contribution in [-0.2, 0) is 0 Å². The monoisotopic (exact) mass is 810 g/mol. The Morgan fingerprint density at radius 3 is 2.02 bits per heavy atom. The molecule has 0 saturated heterocycles. The fourth-order valence-corrected chi connectivity index (χ4v) is 11.3. The molecule has 62 heavy (non-hydrogen) atoms. The Labute approximate surface area is 363 Å². The third-order valence-electron chi connectivity index (χ3n) is 13.0. The Balaban J connectivity index is 0.984. The zero-order valence-corrected chi connectivity index (χ0v) is 34.5. The van der Waals surface area contributed by atoms with E-state index in [1.165, 1.54) is 75.4 Å². The summed E-state index contributed by atoms with van der Waals surface area (Å²) < 4.78 is 11.9. The molecule has 9 aromatic carbocycles. The van der Waals surface area contributed by atoms with Crippen LogP contribution < -0.4 is 9.64 Å². The molecule has 0 saturated carbocycles. The zero-order valence-electron chi connectivity index (χ0n) is 33.7. The minimum absolute atomic E-state index is 0.0580.